The van der Waals surface area contributed by atoms with Crippen LogP contribution in [0.25, 0.3) is 5.65 Å². The smallest absolute Gasteiger partial charge is 0.272 e. The number of aromatic nitrogens is 3. The fourth-order valence-corrected chi connectivity index (χ4v) is 4.39. The Morgan fingerprint density at radius 2 is 2.26 bits per heavy atom. The minimum atomic E-state index is -0.0824. The summed E-state index contributed by atoms with van der Waals surface area (Å²) in [5.74, 6) is 0.326. The average Bonchev–Trinajstić information content (AvgIpc) is 3.39. The van der Waals surface area contributed by atoms with Gasteiger partial charge in [-0.1, -0.05) is 6.92 Å². The maximum absolute atomic E-state index is 12.5. The predicted octanol–water partition coefficient (Wildman–Crippen LogP) is 2.17. The van der Waals surface area contributed by atoms with E-state index in [0.717, 1.165) is 67.9 Å². The highest BCUT2D eigenvalue weighted by Crippen LogP contribution is 2.27. The van der Waals surface area contributed by atoms with Crippen molar-refractivity contribution in [2.24, 2.45) is 0 Å². The van der Waals surface area contributed by atoms with Gasteiger partial charge in [-0.15, -0.1) is 0 Å². The number of H-pyrrole nitrogens is 1. The highest BCUT2D eigenvalue weighted by atomic mass is 16.5. The van der Waals surface area contributed by atoms with Crippen LogP contribution in [-0.2, 0) is 16.0 Å². The third-order valence-corrected chi connectivity index (χ3v) is 5.96. The monoisotopic (exact) mass is 372 g/mol. The Morgan fingerprint density at radius 3 is 3.00 bits per heavy atom. The van der Waals surface area contributed by atoms with Crippen LogP contribution in [0.4, 0.5) is 0 Å². The summed E-state index contributed by atoms with van der Waals surface area (Å²) >= 11 is 0. The van der Waals surface area contributed by atoms with E-state index in [0.29, 0.717) is 13.0 Å². The standard InChI is InChI=1S/C20H28N4O3/c1-3-16-13(2)22-24-19(26)11-17(21-20(16)24)14-8-9-23(12-14)18(25)7-6-15-5-4-10-27-15/h11,14-15,22H,3-10,12H2,1-2H3/t14-,15-/m1/s1. The molecule has 0 spiro atoms. The topological polar surface area (TPSA) is 79.7 Å². The van der Waals surface area contributed by atoms with Gasteiger partial charge >= 0.3 is 0 Å². The Morgan fingerprint density at radius 1 is 1.41 bits per heavy atom. The molecule has 0 radical (unpaired) electrons. The number of aromatic amines is 1. The first-order valence-corrected chi connectivity index (χ1v) is 10.1. The van der Waals surface area contributed by atoms with Crippen molar-refractivity contribution in [2.45, 2.75) is 64.4 Å². The van der Waals surface area contributed by atoms with Crippen LogP contribution in [0.1, 0.15) is 61.9 Å². The number of likely N-dealkylation sites (tertiary alicyclic amines) is 1. The van der Waals surface area contributed by atoms with Crippen LogP contribution in [0.15, 0.2) is 10.9 Å². The molecule has 4 heterocycles. The number of aryl methyl sites for hydroxylation is 2. The molecule has 146 valence electrons. The van der Waals surface area contributed by atoms with Crippen LogP contribution < -0.4 is 5.56 Å². The van der Waals surface area contributed by atoms with Gasteiger partial charge in [-0.25, -0.2) is 9.50 Å². The normalized spacial score (nSPS) is 22.8. The van der Waals surface area contributed by atoms with Gasteiger partial charge in [-0.3, -0.25) is 14.7 Å². The summed E-state index contributed by atoms with van der Waals surface area (Å²) in [6.45, 7) is 6.25. The van der Waals surface area contributed by atoms with Crippen molar-refractivity contribution in [3.63, 3.8) is 0 Å². The molecule has 0 unspecified atom stereocenters. The Hall–Kier alpha value is -2.15. The molecule has 2 atom stereocenters. The Kier molecular flexibility index (Phi) is 5.04. The number of hydrogen-bond donors (Lipinski definition) is 1. The SMILES string of the molecule is CCc1c(C)[nH]n2c(=O)cc([C@@H]3CCN(C(=O)CC[C@H]4CCCO4)C3)nc12. The third kappa shape index (κ3) is 3.52. The Balaban J connectivity index is 1.46. The maximum Gasteiger partial charge on any atom is 0.272 e. The van der Waals surface area contributed by atoms with Gasteiger partial charge in [-0.2, -0.15) is 0 Å². The number of amides is 1. The molecule has 27 heavy (non-hydrogen) atoms. The summed E-state index contributed by atoms with van der Waals surface area (Å²) in [4.78, 5) is 31.8. The molecule has 7 nitrogen and oxygen atoms in total. The molecule has 2 aliphatic heterocycles. The average molecular weight is 372 g/mol. The van der Waals surface area contributed by atoms with Crippen LogP contribution in [0.3, 0.4) is 0 Å². The number of rotatable bonds is 5. The zero-order valence-electron chi connectivity index (χ0n) is 16.2. The van der Waals surface area contributed by atoms with E-state index >= 15 is 0 Å². The van der Waals surface area contributed by atoms with Gasteiger partial charge in [0.05, 0.1) is 11.8 Å². The number of carbonyl (C=O) groups is 1. The van der Waals surface area contributed by atoms with Crippen molar-refractivity contribution in [2.75, 3.05) is 19.7 Å². The largest absolute Gasteiger partial charge is 0.378 e. The van der Waals surface area contributed by atoms with Gasteiger partial charge < -0.3 is 9.64 Å². The van der Waals surface area contributed by atoms with Crippen LogP contribution in [-0.4, -0.2) is 51.2 Å². The minimum absolute atomic E-state index is 0.0824. The van der Waals surface area contributed by atoms with E-state index in [-0.39, 0.29) is 23.5 Å². The lowest BCUT2D eigenvalue weighted by atomic mass is 10.0. The molecule has 2 fully saturated rings. The van der Waals surface area contributed by atoms with Gasteiger partial charge in [0.2, 0.25) is 5.91 Å². The summed E-state index contributed by atoms with van der Waals surface area (Å²) in [7, 11) is 0. The predicted molar refractivity (Wildman–Crippen MR) is 102 cm³/mol. The number of carbonyl (C=O) groups excluding carboxylic acids is 1. The number of nitrogens with one attached hydrogen (secondary N) is 1. The summed E-state index contributed by atoms with van der Waals surface area (Å²) < 4.78 is 7.14. The fourth-order valence-electron chi connectivity index (χ4n) is 4.39. The molecule has 2 aliphatic rings. The third-order valence-electron chi connectivity index (χ3n) is 5.96. The molecule has 1 amide bonds. The fraction of sp³-hybridized carbons (Fsp3) is 0.650. The molecule has 4 rings (SSSR count). The van der Waals surface area contributed by atoms with E-state index < -0.39 is 0 Å². The number of ether oxygens (including phenoxy) is 1. The summed E-state index contributed by atoms with van der Waals surface area (Å²) in [6.07, 6.45) is 5.47. The van der Waals surface area contributed by atoms with Gasteiger partial charge in [0.15, 0.2) is 5.65 Å². The second-order valence-electron chi connectivity index (χ2n) is 7.75. The molecule has 2 saturated heterocycles. The molecule has 2 aromatic heterocycles. The van der Waals surface area contributed by atoms with Crippen molar-refractivity contribution in [3.8, 4) is 0 Å². The van der Waals surface area contributed by atoms with Crippen molar-refractivity contribution >= 4 is 11.6 Å². The van der Waals surface area contributed by atoms with Crippen LogP contribution in [0, 0.1) is 6.92 Å². The minimum Gasteiger partial charge on any atom is -0.378 e. The van der Waals surface area contributed by atoms with E-state index in [1.165, 1.54) is 4.52 Å². The van der Waals surface area contributed by atoms with Crippen molar-refractivity contribution in [1.29, 1.82) is 0 Å². The lowest BCUT2D eigenvalue weighted by molar-refractivity contribution is -0.130. The van der Waals surface area contributed by atoms with E-state index in [4.69, 9.17) is 9.72 Å². The van der Waals surface area contributed by atoms with Crippen molar-refractivity contribution in [1.82, 2.24) is 19.5 Å². The number of hydrogen-bond acceptors (Lipinski definition) is 4. The zero-order chi connectivity index (χ0) is 19.0. The van der Waals surface area contributed by atoms with Gasteiger partial charge in [0, 0.05) is 49.4 Å². The molecule has 7 heteroatoms. The van der Waals surface area contributed by atoms with E-state index in [9.17, 15) is 9.59 Å². The lowest BCUT2D eigenvalue weighted by Crippen LogP contribution is -2.29. The van der Waals surface area contributed by atoms with E-state index in [2.05, 4.69) is 12.0 Å². The van der Waals surface area contributed by atoms with E-state index in [1.54, 1.807) is 6.07 Å². The van der Waals surface area contributed by atoms with Crippen LogP contribution in [0.5, 0.6) is 0 Å². The molecule has 2 aromatic rings. The van der Waals surface area contributed by atoms with Crippen molar-refractivity contribution in [3.05, 3.63) is 33.4 Å². The zero-order valence-corrected chi connectivity index (χ0v) is 16.2. The first-order valence-electron chi connectivity index (χ1n) is 10.1. The van der Waals surface area contributed by atoms with Crippen molar-refractivity contribution < 1.29 is 9.53 Å². The maximum atomic E-state index is 12.5. The summed E-state index contributed by atoms with van der Waals surface area (Å²) in [6, 6.07) is 1.62. The Labute approximate surface area is 158 Å². The molecule has 0 bridgehead atoms. The quantitative estimate of drug-likeness (QED) is 0.872. The van der Waals surface area contributed by atoms with Crippen LogP contribution in [0.2, 0.25) is 0 Å². The highest BCUT2D eigenvalue weighted by molar-refractivity contribution is 5.76. The molecular formula is C20H28N4O3. The van der Waals surface area contributed by atoms with Gasteiger partial charge in [-0.05, 0) is 39.0 Å². The van der Waals surface area contributed by atoms with Gasteiger partial charge in [0.1, 0.15) is 0 Å². The first-order chi connectivity index (χ1) is 13.1. The first kappa shape index (κ1) is 18.2. The molecule has 0 aliphatic carbocycles. The van der Waals surface area contributed by atoms with Gasteiger partial charge in [0.25, 0.3) is 5.56 Å². The number of fused-ring (bicyclic) bond motifs is 1. The highest BCUT2D eigenvalue weighted by Gasteiger charge is 2.29. The lowest BCUT2D eigenvalue weighted by Gasteiger charge is -2.17. The molecule has 0 saturated carbocycles. The number of nitrogens with zero attached hydrogens (tertiary/aromatic N) is 3. The van der Waals surface area contributed by atoms with Crippen LogP contribution >= 0.6 is 0 Å². The molecule has 1 N–H and O–H groups in total. The van der Waals surface area contributed by atoms with E-state index in [1.807, 2.05) is 11.8 Å². The second kappa shape index (κ2) is 7.46. The second-order valence-corrected chi connectivity index (χ2v) is 7.75. The molecule has 0 aromatic carbocycles. The Bertz CT molecular complexity index is 894. The molecular weight excluding hydrogens is 344 g/mol. The summed E-state index contributed by atoms with van der Waals surface area (Å²) in [5.41, 5.74) is 3.51. The summed E-state index contributed by atoms with van der Waals surface area (Å²) in [5, 5.41) is 3.10.